The minimum Gasteiger partial charge on any atom is -0.378 e. The zero-order valence-electron chi connectivity index (χ0n) is 13.1. The molecule has 2 nitrogen and oxygen atoms in total. The van der Waals surface area contributed by atoms with E-state index in [1.165, 1.54) is 22.4 Å². The predicted octanol–water partition coefficient (Wildman–Crippen LogP) is 4.54. The summed E-state index contributed by atoms with van der Waals surface area (Å²) in [5, 5.41) is 3.58. The monoisotopic (exact) mass is 268 g/mol. The Hall–Kier alpha value is -1.96. The molecule has 0 aliphatic carbocycles. The molecule has 0 radical (unpaired) electrons. The van der Waals surface area contributed by atoms with Crippen LogP contribution in [0, 0.1) is 13.8 Å². The zero-order chi connectivity index (χ0) is 14.7. The maximum atomic E-state index is 3.58. The molecule has 2 aromatic rings. The molecule has 0 spiro atoms. The average Bonchev–Trinajstić information content (AvgIpc) is 2.40. The maximum absolute atomic E-state index is 3.58. The van der Waals surface area contributed by atoms with Crippen molar-refractivity contribution in [1.29, 1.82) is 0 Å². The zero-order valence-corrected chi connectivity index (χ0v) is 13.1. The number of hydrogen-bond donors (Lipinski definition) is 1. The highest BCUT2D eigenvalue weighted by Gasteiger charge is 2.07. The van der Waals surface area contributed by atoms with Gasteiger partial charge in [-0.3, -0.25) is 0 Å². The maximum Gasteiger partial charge on any atom is 0.0485 e. The summed E-state index contributed by atoms with van der Waals surface area (Å²) in [5.74, 6) is 0. The van der Waals surface area contributed by atoms with Crippen LogP contribution in [0.4, 0.5) is 11.4 Å². The van der Waals surface area contributed by atoms with Crippen LogP contribution >= 0.6 is 0 Å². The van der Waals surface area contributed by atoms with Crippen LogP contribution in [0.25, 0.3) is 0 Å². The number of nitrogens with one attached hydrogen (secondary N) is 1. The van der Waals surface area contributed by atoms with Crippen molar-refractivity contribution in [3.63, 3.8) is 0 Å². The van der Waals surface area contributed by atoms with Gasteiger partial charge in [-0.2, -0.15) is 0 Å². The molecular weight excluding hydrogens is 244 g/mol. The SMILES string of the molecule is Cc1cccc(C(C)Nc2ccc(C)c(N(C)C)c2)c1. The van der Waals surface area contributed by atoms with Gasteiger partial charge in [0.15, 0.2) is 0 Å². The molecule has 1 atom stereocenters. The van der Waals surface area contributed by atoms with E-state index in [1.807, 2.05) is 0 Å². The second-order valence-electron chi connectivity index (χ2n) is 5.68. The average molecular weight is 268 g/mol. The van der Waals surface area contributed by atoms with E-state index in [0.717, 1.165) is 5.69 Å². The van der Waals surface area contributed by atoms with E-state index in [0.29, 0.717) is 6.04 Å². The van der Waals surface area contributed by atoms with Gasteiger partial charge in [0.05, 0.1) is 0 Å². The molecule has 2 heteroatoms. The molecule has 0 aliphatic heterocycles. The molecule has 0 amide bonds. The summed E-state index contributed by atoms with van der Waals surface area (Å²) >= 11 is 0. The lowest BCUT2D eigenvalue weighted by Gasteiger charge is -2.20. The summed E-state index contributed by atoms with van der Waals surface area (Å²) in [4.78, 5) is 2.15. The Morgan fingerprint density at radius 3 is 2.40 bits per heavy atom. The van der Waals surface area contributed by atoms with Crippen LogP contribution in [0.2, 0.25) is 0 Å². The fourth-order valence-electron chi connectivity index (χ4n) is 2.45. The predicted molar refractivity (Wildman–Crippen MR) is 88.7 cm³/mol. The van der Waals surface area contributed by atoms with Crippen LogP contribution in [0.15, 0.2) is 42.5 Å². The first-order valence-corrected chi connectivity index (χ1v) is 7.08. The summed E-state index contributed by atoms with van der Waals surface area (Å²) in [5.41, 5.74) is 6.33. The third-order valence-electron chi connectivity index (χ3n) is 3.62. The fourth-order valence-corrected chi connectivity index (χ4v) is 2.45. The summed E-state index contributed by atoms with van der Waals surface area (Å²) in [6, 6.07) is 15.5. The van der Waals surface area contributed by atoms with Crippen molar-refractivity contribution in [2.45, 2.75) is 26.8 Å². The number of rotatable bonds is 4. The standard InChI is InChI=1S/C18H24N2/c1-13-7-6-8-16(11-13)15(3)19-17-10-9-14(2)18(12-17)20(4)5/h6-12,15,19H,1-5H3. The summed E-state index contributed by atoms with van der Waals surface area (Å²) in [6.45, 7) is 6.47. The quantitative estimate of drug-likeness (QED) is 0.875. The molecule has 0 saturated heterocycles. The molecule has 20 heavy (non-hydrogen) atoms. The van der Waals surface area contributed by atoms with Crippen LogP contribution in [0.3, 0.4) is 0 Å². The number of nitrogens with zero attached hydrogens (tertiary/aromatic N) is 1. The van der Waals surface area contributed by atoms with E-state index in [-0.39, 0.29) is 0 Å². The van der Waals surface area contributed by atoms with Gasteiger partial charge in [-0.25, -0.2) is 0 Å². The van der Waals surface area contributed by atoms with Gasteiger partial charge in [0.1, 0.15) is 0 Å². The molecule has 0 bridgehead atoms. The fraction of sp³-hybridized carbons (Fsp3) is 0.333. The Bertz CT molecular complexity index is 588. The normalized spacial score (nSPS) is 12.1. The van der Waals surface area contributed by atoms with E-state index in [1.54, 1.807) is 0 Å². The second-order valence-corrected chi connectivity index (χ2v) is 5.68. The van der Waals surface area contributed by atoms with Gasteiger partial charge < -0.3 is 10.2 Å². The molecule has 0 aliphatic rings. The van der Waals surface area contributed by atoms with Gasteiger partial charge in [-0.05, 0) is 44.0 Å². The van der Waals surface area contributed by atoms with Gasteiger partial charge in [-0.15, -0.1) is 0 Å². The summed E-state index contributed by atoms with van der Waals surface area (Å²) in [7, 11) is 4.16. The minimum absolute atomic E-state index is 0.299. The van der Waals surface area contributed by atoms with Crippen molar-refractivity contribution in [2.24, 2.45) is 0 Å². The van der Waals surface area contributed by atoms with Crippen molar-refractivity contribution in [2.75, 3.05) is 24.3 Å². The Labute approximate surface area is 122 Å². The van der Waals surface area contributed by atoms with Crippen molar-refractivity contribution >= 4 is 11.4 Å². The highest BCUT2D eigenvalue weighted by atomic mass is 15.1. The first kappa shape index (κ1) is 14.4. The van der Waals surface area contributed by atoms with E-state index in [9.17, 15) is 0 Å². The second kappa shape index (κ2) is 6.00. The molecule has 2 aromatic carbocycles. The topological polar surface area (TPSA) is 15.3 Å². The molecule has 2 rings (SSSR count). The Morgan fingerprint density at radius 1 is 1.00 bits per heavy atom. The van der Waals surface area contributed by atoms with Crippen LogP contribution in [0.1, 0.15) is 29.7 Å². The van der Waals surface area contributed by atoms with Gasteiger partial charge in [0.2, 0.25) is 0 Å². The highest BCUT2D eigenvalue weighted by Crippen LogP contribution is 2.26. The van der Waals surface area contributed by atoms with E-state index < -0.39 is 0 Å². The molecule has 0 saturated carbocycles. The largest absolute Gasteiger partial charge is 0.378 e. The van der Waals surface area contributed by atoms with Gasteiger partial charge in [0.25, 0.3) is 0 Å². The van der Waals surface area contributed by atoms with Crippen molar-refractivity contribution in [1.82, 2.24) is 0 Å². The van der Waals surface area contributed by atoms with Gasteiger partial charge in [0, 0.05) is 31.5 Å². The van der Waals surface area contributed by atoms with E-state index in [2.05, 4.69) is 87.5 Å². The van der Waals surface area contributed by atoms with Crippen LogP contribution in [-0.2, 0) is 0 Å². The Morgan fingerprint density at radius 2 is 1.75 bits per heavy atom. The lowest BCUT2D eigenvalue weighted by molar-refractivity contribution is 0.882. The first-order chi connectivity index (χ1) is 9.47. The molecular formula is C18H24N2. The molecule has 0 heterocycles. The Balaban J connectivity index is 2.19. The van der Waals surface area contributed by atoms with Crippen LogP contribution < -0.4 is 10.2 Å². The number of anilines is 2. The molecule has 0 aromatic heterocycles. The third kappa shape index (κ3) is 3.32. The summed E-state index contributed by atoms with van der Waals surface area (Å²) < 4.78 is 0. The Kier molecular flexibility index (Phi) is 4.33. The molecule has 0 fully saturated rings. The number of aryl methyl sites for hydroxylation is 2. The smallest absolute Gasteiger partial charge is 0.0485 e. The van der Waals surface area contributed by atoms with Crippen LogP contribution in [-0.4, -0.2) is 14.1 Å². The van der Waals surface area contributed by atoms with Gasteiger partial charge >= 0.3 is 0 Å². The number of benzene rings is 2. The van der Waals surface area contributed by atoms with Crippen molar-refractivity contribution in [3.05, 3.63) is 59.2 Å². The molecule has 1 N–H and O–H groups in total. The lowest BCUT2D eigenvalue weighted by Crippen LogP contribution is -2.12. The van der Waals surface area contributed by atoms with Crippen molar-refractivity contribution < 1.29 is 0 Å². The number of hydrogen-bond acceptors (Lipinski definition) is 2. The first-order valence-electron chi connectivity index (χ1n) is 7.08. The minimum atomic E-state index is 0.299. The molecule has 1 unspecified atom stereocenters. The van der Waals surface area contributed by atoms with Gasteiger partial charge in [-0.1, -0.05) is 35.9 Å². The van der Waals surface area contributed by atoms with E-state index >= 15 is 0 Å². The summed E-state index contributed by atoms with van der Waals surface area (Å²) in [6.07, 6.45) is 0. The van der Waals surface area contributed by atoms with Crippen molar-refractivity contribution in [3.8, 4) is 0 Å². The van der Waals surface area contributed by atoms with E-state index in [4.69, 9.17) is 0 Å². The highest BCUT2D eigenvalue weighted by molar-refractivity contribution is 5.62. The lowest BCUT2D eigenvalue weighted by atomic mass is 10.1. The molecule has 106 valence electrons. The van der Waals surface area contributed by atoms with Crippen LogP contribution in [0.5, 0.6) is 0 Å². The third-order valence-corrected chi connectivity index (χ3v) is 3.62.